The number of nitrogens with one attached hydrogen (secondary N) is 1. The van der Waals surface area contributed by atoms with Gasteiger partial charge in [-0.2, -0.15) is 18.2 Å². The van der Waals surface area contributed by atoms with E-state index in [-0.39, 0.29) is 24.1 Å². The summed E-state index contributed by atoms with van der Waals surface area (Å²) < 4.78 is 39.8. The van der Waals surface area contributed by atoms with Gasteiger partial charge in [-0.15, -0.1) is 17.5 Å². The van der Waals surface area contributed by atoms with Gasteiger partial charge in [-0.1, -0.05) is 0 Å². The number of likely N-dealkylation sites (tertiary alicyclic amines) is 1. The molecule has 2 aromatic rings. The highest BCUT2D eigenvalue weighted by atomic mass is 35.5. The van der Waals surface area contributed by atoms with Crippen molar-refractivity contribution in [3.05, 3.63) is 22.8 Å². The van der Waals surface area contributed by atoms with Crippen molar-refractivity contribution in [1.82, 2.24) is 29.8 Å². The highest BCUT2D eigenvalue weighted by Crippen LogP contribution is 2.27. The Labute approximate surface area is 172 Å². The van der Waals surface area contributed by atoms with Gasteiger partial charge in [0.2, 0.25) is 5.91 Å². The second-order valence-electron chi connectivity index (χ2n) is 7.67. The van der Waals surface area contributed by atoms with Crippen molar-refractivity contribution in [3.63, 3.8) is 0 Å². The topological polar surface area (TPSA) is 75.4 Å². The Morgan fingerprint density at radius 2 is 1.90 bits per heavy atom. The van der Waals surface area contributed by atoms with E-state index in [1.54, 1.807) is 13.8 Å². The SMILES string of the molecule is Cc1nc2nc(C(F)(F)F)nn2c(C)c1CCC(=O)N1CCC2CCC(C1)N2.Cl. The number of alkyl halides is 3. The number of nitrogens with zero attached hydrogens (tertiary/aromatic N) is 5. The molecule has 11 heteroatoms. The lowest BCUT2D eigenvalue weighted by Crippen LogP contribution is -2.39. The van der Waals surface area contributed by atoms with Crippen molar-refractivity contribution in [1.29, 1.82) is 0 Å². The fourth-order valence-corrected chi connectivity index (χ4v) is 4.25. The number of carbonyl (C=O) groups excluding carboxylic acids is 1. The molecule has 1 amide bonds. The molecule has 2 atom stereocenters. The first-order chi connectivity index (χ1) is 13.2. The van der Waals surface area contributed by atoms with Crippen LogP contribution in [0.15, 0.2) is 0 Å². The first-order valence-corrected chi connectivity index (χ1v) is 9.56. The second kappa shape index (κ2) is 8.06. The maximum atomic E-state index is 12.9. The molecule has 7 nitrogen and oxygen atoms in total. The predicted octanol–water partition coefficient (Wildman–Crippen LogP) is 2.47. The van der Waals surface area contributed by atoms with Crippen LogP contribution in [0.4, 0.5) is 13.2 Å². The van der Waals surface area contributed by atoms with Crippen LogP contribution in [0, 0.1) is 13.8 Å². The first-order valence-electron chi connectivity index (χ1n) is 9.56. The Morgan fingerprint density at radius 1 is 1.17 bits per heavy atom. The van der Waals surface area contributed by atoms with Crippen LogP contribution in [0.25, 0.3) is 5.78 Å². The van der Waals surface area contributed by atoms with E-state index < -0.39 is 12.0 Å². The van der Waals surface area contributed by atoms with Gasteiger partial charge in [0.25, 0.3) is 11.6 Å². The Kier molecular flexibility index (Phi) is 6.05. The first kappa shape index (κ1) is 21.8. The number of fused-ring (bicyclic) bond motifs is 3. The maximum Gasteiger partial charge on any atom is 0.453 e. The summed E-state index contributed by atoms with van der Waals surface area (Å²) >= 11 is 0. The molecule has 0 spiro atoms. The monoisotopic (exact) mass is 432 g/mol. The summed E-state index contributed by atoms with van der Waals surface area (Å²) in [4.78, 5) is 22.3. The van der Waals surface area contributed by atoms with Gasteiger partial charge in [-0.3, -0.25) is 4.79 Å². The lowest BCUT2D eigenvalue weighted by Gasteiger charge is -2.24. The summed E-state index contributed by atoms with van der Waals surface area (Å²) in [6.07, 6.45) is -0.668. The molecular weight excluding hydrogens is 409 g/mol. The summed E-state index contributed by atoms with van der Waals surface area (Å²) in [6.45, 7) is 4.89. The molecule has 0 aliphatic carbocycles. The smallest absolute Gasteiger partial charge is 0.341 e. The Morgan fingerprint density at radius 3 is 2.62 bits per heavy atom. The summed E-state index contributed by atoms with van der Waals surface area (Å²) in [6, 6.07) is 0.878. The number of aromatic nitrogens is 4. The number of hydrogen-bond donors (Lipinski definition) is 1. The molecule has 0 saturated carbocycles. The average Bonchev–Trinajstić information content (AvgIpc) is 3.17. The molecule has 4 rings (SSSR count). The molecular formula is C18H24ClF3N6O. The third-order valence-electron chi connectivity index (χ3n) is 5.77. The quantitative estimate of drug-likeness (QED) is 0.806. The van der Waals surface area contributed by atoms with Crippen LogP contribution in [-0.2, 0) is 17.4 Å². The van der Waals surface area contributed by atoms with E-state index in [9.17, 15) is 18.0 Å². The van der Waals surface area contributed by atoms with E-state index in [0.717, 1.165) is 36.0 Å². The van der Waals surface area contributed by atoms with Gasteiger partial charge in [0.05, 0.1) is 0 Å². The number of rotatable bonds is 3. The van der Waals surface area contributed by atoms with Crippen molar-refractivity contribution in [3.8, 4) is 0 Å². The molecule has 2 bridgehead atoms. The largest absolute Gasteiger partial charge is 0.453 e. The summed E-state index contributed by atoms with van der Waals surface area (Å²) in [5, 5.41) is 7.10. The molecule has 0 aromatic carbocycles. The van der Waals surface area contributed by atoms with Gasteiger partial charge in [-0.25, -0.2) is 9.50 Å². The highest BCUT2D eigenvalue weighted by molar-refractivity contribution is 5.85. The predicted molar refractivity (Wildman–Crippen MR) is 102 cm³/mol. The van der Waals surface area contributed by atoms with Crippen LogP contribution in [0.1, 0.15) is 48.5 Å². The van der Waals surface area contributed by atoms with Gasteiger partial charge in [-0.05, 0) is 45.1 Å². The zero-order valence-corrected chi connectivity index (χ0v) is 17.1. The number of aryl methyl sites for hydroxylation is 2. The van der Waals surface area contributed by atoms with Crippen LogP contribution < -0.4 is 5.32 Å². The molecule has 2 aliphatic heterocycles. The van der Waals surface area contributed by atoms with E-state index in [1.165, 1.54) is 6.42 Å². The molecule has 29 heavy (non-hydrogen) atoms. The van der Waals surface area contributed by atoms with Gasteiger partial charge >= 0.3 is 6.18 Å². The fraction of sp³-hybridized carbons (Fsp3) is 0.667. The standard InChI is InChI=1S/C18H23F3N6O.ClH/c1-10-14(11(2)27-17(22-10)24-16(25-27)18(19,20)21)5-6-15(28)26-8-7-12-3-4-13(9-26)23-12;/h12-13,23H,3-9H2,1-2H3;1H. The lowest BCUT2D eigenvalue weighted by molar-refractivity contribution is -0.144. The van der Waals surface area contributed by atoms with Crippen LogP contribution in [0.3, 0.4) is 0 Å². The molecule has 4 heterocycles. The minimum absolute atomic E-state index is 0. The molecule has 0 radical (unpaired) electrons. The molecule has 2 unspecified atom stereocenters. The zero-order chi connectivity index (χ0) is 20.1. The summed E-state index contributed by atoms with van der Waals surface area (Å²) in [5.74, 6) is -1.21. The second-order valence-corrected chi connectivity index (χ2v) is 7.67. The summed E-state index contributed by atoms with van der Waals surface area (Å²) in [7, 11) is 0. The minimum atomic E-state index is -4.62. The maximum absolute atomic E-state index is 12.9. The average molecular weight is 433 g/mol. The van der Waals surface area contributed by atoms with Crippen LogP contribution in [-0.4, -0.2) is 55.6 Å². The van der Waals surface area contributed by atoms with Crippen LogP contribution >= 0.6 is 12.4 Å². The Bertz CT molecular complexity index is 915. The fourth-order valence-electron chi connectivity index (χ4n) is 4.25. The number of carbonyl (C=O) groups is 1. The Balaban J connectivity index is 0.00000240. The lowest BCUT2D eigenvalue weighted by atomic mass is 10.0. The molecule has 1 N–H and O–H groups in total. The van der Waals surface area contributed by atoms with Gasteiger partial charge in [0.15, 0.2) is 0 Å². The number of amides is 1. The highest BCUT2D eigenvalue weighted by Gasteiger charge is 2.37. The molecule has 2 saturated heterocycles. The molecule has 2 fully saturated rings. The normalized spacial score (nSPS) is 21.9. The van der Waals surface area contributed by atoms with E-state index in [1.807, 2.05) is 4.90 Å². The van der Waals surface area contributed by atoms with Crippen molar-refractivity contribution in [2.75, 3.05) is 13.1 Å². The van der Waals surface area contributed by atoms with Gasteiger partial charge in [0, 0.05) is 43.0 Å². The molecule has 2 aromatic heterocycles. The number of halogens is 4. The third-order valence-corrected chi connectivity index (χ3v) is 5.77. The van der Waals surface area contributed by atoms with Crippen molar-refractivity contribution in [2.45, 2.75) is 64.2 Å². The van der Waals surface area contributed by atoms with Crippen molar-refractivity contribution >= 4 is 24.1 Å². The van der Waals surface area contributed by atoms with Gasteiger partial charge < -0.3 is 10.2 Å². The van der Waals surface area contributed by atoms with Crippen LogP contribution in [0.5, 0.6) is 0 Å². The third kappa shape index (κ3) is 4.32. The van der Waals surface area contributed by atoms with Crippen molar-refractivity contribution in [2.24, 2.45) is 0 Å². The molecule has 160 valence electrons. The van der Waals surface area contributed by atoms with Crippen molar-refractivity contribution < 1.29 is 18.0 Å². The number of hydrogen-bond acceptors (Lipinski definition) is 5. The molecule has 2 aliphatic rings. The minimum Gasteiger partial charge on any atom is -0.341 e. The van der Waals surface area contributed by atoms with E-state index in [2.05, 4.69) is 20.4 Å². The van der Waals surface area contributed by atoms with Crippen LogP contribution in [0.2, 0.25) is 0 Å². The summed E-state index contributed by atoms with van der Waals surface area (Å²) in [5.41, 5.74) is 1.86. The van der Waals surface area contributed by atoms with Gasteiger partial charge in [0.1, 0.15) is 0 Å². The zero-order valence-electron chi connectivity index (χ0n) is 16.3. The van der Waals surface area contributed by atoms with E-state index in [4.69, 9.17) is 0 Å². The Hall–Kier alpha value is -1.94. The van der Waals surface area contributed by atoms with E-state index in [0.29, 0.717) is 36.3 Å². The van der Waals surface area contributed by atoms with E-state index >= 15 is 0 Å².